The lowest BCUT2D eigenvalue weighted by Gasteiger charge is -2.27. The molecule has 0 bridgehead atoms. The Morgan fingerprint density at radius 1 is 1.23 bits per heavy atom. The molecule has 1 aromatic heterocycles. The van der Waals surface area contributed by atoms with E-state index in [1.54, 1.807) is 19.5 Å². The zero-order valence-corrected chi connectivity index (χ0v) is 17.5. The fourth-order valence-electron chi connectivity index (χ4n) is 4.44. The van der Waals surface area contributed by atoms with Crippen LogP contribution in [0.3, 0.4) is 0 Å². The number of anilines is 1. The average Bonchev–Trinajstić information content (AvgIpc) is 3.33. The molecule has 7 heteroatoms. The van der Waals surface area contributed by atoms with Crippen molar-refractivity contribution in [3.63, 3.8) is 0 Å². The molecule has 0 spiro atoms. The molecule has 0 amide bonds. The molecular formula is C23H30N6O. The summed E-state index contributed by atoms with van der Waals surface area (Å²) >= 11 is 0. The van der Waals surface area contributed by atoms with Crippen LogP contribution in [-0.4, -0.2) is 43.0 Å². The maximum absolute atomic E-state index is 6.07. The Kier molecular flexibility index (Phi) is 6.40. The fraction of sp³-hybridized carbons (Fsp3) is 0.435. The first-order valence-electron chi connectivity index (χ1n) is 10.6. The Morgan fingerprint density at radius 3 is 2.77 bits per heavy atom. The van der Waals surface area contributed by atoms with E-state index in [1.165, 1.54) is 23.7 Å². The number of hydrogen-bond acceptors (Lipinski definition) is 7. The largest absolute Gasteiger partial charge is 0.404 e. The summed E-state index contributed by atoms with van der Waals surface area (Å²) in [6.45, 7) is 2.74. The number of ether oxygens (including phenoxy) is 1. The molecule has 4 rings (SSSR count). The minimum atomic E-state index is 0.340. The second kappa shape index (κ2) is 9.36. The summed E-state index contributed by atoms with van der Waals surface area (Å²) in [5.74, 6) is 0.887. The van der Waals surface area contributed by atoms with Crippen LogP contribution in [0, 0.1) is 0 Å². The number of nitrogens with one attached hydrogen (secondary N) is 1. The highest BCUT2D eigenvalue weighted by Gasteiger charge is 2.25. The molecule has 30 heavy (non-hydrogen) atoms. The van der Waals surface area contributed by atoms with Crippen molar-refractivity contribution in [3.05, 3.63) is 47.4 Å². The Labute approximate surface area is 177 Å². The molecule has 1 atom stereocenters. The van der Waals surface area contributed by atoms with E-state index in [2.05, 4.69) is 33.5 Å². The lowest BCUT2D eigenvalue weighted by molar-refractivity contribution is 0.0851. The van der Waals surface area contributed by atoms with Crippen molar-refractivity contribution in [2.75, 3.05) is 32.5 Å². The van der Waals surface area contributed by atoms with Crippen LogP contribution in [0.1, 0.15) is 54.5 Å². The lowest BCUT2D eigenvalue weighted by atomic mass is 9.84. The van der Waals surface area contributed by atoms with Crippen molar-refractivity contribution in [2.45, 2.75) is 37.6 Å². The molecule has 3 heterocycles. The monoisotopic (exact) mass is 406 g/mol. The standard InChI is InChI=1S/C23H30N6O/c1-26-13-17(12-24)22-23(25)28-14-21(29-22)16-4-5-18(15-6-9-30-10-7-15)19(11-16)20-3-2-8-27-20/h4-5,11-15,20,27H,2-3,6-10,24H2,1H3,(H2,25,28)/b17-12+,26-13?/t20-/m0/s1. The Bertz CT molecular complexity index is 943. The van der Waals surface area contributed by atoms with Crippen molar-refractivity contribution in [1.29, 1.82) is 0 Å². The summed E-state index contributed by atoms with van der Waals surface area (Å²) in [6, 6.07) is 7.08. The summed E-state index contributed by atoms with van der Waals surface area (Å²) < 4.78 is 5.58. The first-order chi connectivity index (χ1) is 14.7. The molecule has 7 nitrogen and oxygen atoms in total. The van der Waals surface area contributed by atoms with Gasteiger partial charge in [0.05, 0.1) is 11.9 Å². The van der Waals surface area contributed by atoms with E-state index in [9.17, 15) is 0 Å². The van der Waals surface area contributed by atoms with Crippen molar-refractivity contribution in [2.24, 2.45) is 10.7 Å². The zero-order valence-electron chi connectivity index (χ0n) is 17.5. The second-order valence-corrected chi connectivity index (χ2v) is 7.88. The SMILES string of the molecule is CN=C/C(=C\N)c1nc(-c2ccc(C3CCOCC3)c([C@@H]3CCCN3)c2)cnc1N. The normalized spacial score (nSPS) is 20.8. The van der Waals surface area contributed by atoms with E-state index < -0.39 is 0 Å². The van der Waals surface area contributed by atoms with Gasteiger partial charge in [-0.1, -0.05) is 12.1 Å². The van der Waals surface area contributed by atoms with Crippen LogP contribution in [0.5, 0.6) is 0 Å². The zero-order chi connectivity index (χ0) is 20.9. The van der Waals surface area contributed by atoms with Crippen molar-refractivity contribution >= 4 is 17.6 Å². The summed E-state index contributed by atoms with van der Waals surface area (Å²) in [6.07, 6.45) is 9.34. The maximum atomic E-state index is 6.07. The predicted octanol–water partition coefficient (Wildman–Crippen LogP) is 3.04. The number of nitrogen functional groups attached to an aromatic ring is 1. The number of allylic oxidation sites excluding steroid dienone is 1. The van der Waals surface area contributed by atoms with Gasteiger partial charge in [0, 0.05) is 49.9 Å². The highest BCUT2D eigenvalue weighted by molar-refractivity contribution is 6.10. The fourth-order valence-corrected chi connectivity index (χ4v) is 4.44. The smallest absolute Gasteiger partial charge is 0.150 e. The quantitative estimate of drug-likeness (QED) is 0.658. The molecule has 2 saturated heterocycles. The van der Waals surface area contributed by atoms with Gasteiger partial charge in [0.25, 0.3) is 0 Å². The molecular weight excluding hydrogens is 376 g/mol. The van der Waals surface area contributed by atoms with Gasteiger partial charge in [-0.25, -0.2) is 9.97 Å². The molecule has 2 aromatic rings. The molecule has 2 fully saturated rings. The van der Waals surface area contributed by atoms with Gasteiger partial charge in [0.1, 0.15) is 11.5 Å². The minimum Gasteiger partial charge on any atom is -0.404 e. The van der Waals surface area contributed by atoms with Crippen LogP contribution in [-0.2, 0) is 4.74 Å². The number of hydrogen-bond donors (Lipinski definition) is 3. The molecule has 0 saturated carbocycles. The Balaban J connectivity index is 1.75. The predicted molar refractivity (Wildman–Crippen MR) is 121 cm³/mol. The third kappa shape index (κ3) is 4.22. The van der Waals surface area contributed by atoms with Crippen molar-refractivity contribution < 1.29 is 4.74 Å². The third-order valence-corrected chi connectivity index (χ3v) is 6.00. The molecule has 2 aliphatic rings. The van der Waals surface area contributed by atoms with Gasteiger partial charge in [0.2, 0.25) is 0 Å². The second-order valence-electron chi connectivity index (χ2n) is 7.88. The summed E-state index contributed by atoms with van der Waals surface area (Å²) in [5.41, 5.74) is 17.7. The van der Waals surface area contributed by atoms with Crippen molar-refractivity contribution in [1.82, 2.24) is 15.3 Å². The van der Waals surface area contributed by atoms with E-state index in [0.717, 1.165) is 50.3 Å². The highest BCUT2D eigenvalue weighted by Crippen LogP contribution is 2.37. The van der Waals surface area contributed by atoms with E-state index in [0.29, 0.717) is 29.0 Å². The average molecular weight is 407 g/mol. The summed E-state index contributed by atoms with van der Waals surface area (Å²) in [7, 11) is 1.69. The summed E-state index contributed by atoms with van der Waals surface area (Å²) in [5, 5.41) is 3.67. The molecule has 0 aliphatic carbocycles. The van der Waals surface area contributed by atoms with E-state index in [4.69, 9.17) is 21.2 Å². The Morgan fingerprint density at radius 2 is 2.07 bits per heavy atom. The molecule has 2 aliphatic heterocycles. The van der Waals surface area contributed by atoms with Gasteiger partial charge < -0.3 is 21.5 Å². The Hall–Kier alpha value is -2.77. The van der Waals surface area contributed by atoms with Crippen LogP contribution >= 0.6 is 0 Å². The first-order valence-corrected chi connectivity index (χ1v) is 10.6. The number of nitrogens with two attached hydrogens (primary N) is 2. The van der Waals surface area contributed by atoms with Gasteiger partial charge in [-0.3, -0.25) is 4.99 Å². The van der Waals surface area contributed by atoms with E-state index in [1.807, 2.05) is 0 Å². The number of benzene rings is 1. The summed E-state index contributed by atoms with van der Waals surface area (Å²) in [4.78, 5) is 13.2. The van der Waals surface area contributed by atoms with Gasteiger partial charge in [0.15, 0.2) is 0 Å². The molecule has 5 N–H and O–H groups in total. The van der Waals surface area contributed by atoms with Crippen molar-refractivity contribution in [3.8, 4) is 11.3 Å². The molecule has 1 aromatic carbocycles. The van der Waals surface area contributed by atoms with E-state index in [-0.39, 0.29) is 0 Å². The number of nitrogens with zero attached hydrogens (tertiary/aromatic N) is 3. The third-order valence-electron chi connectivity index (χ3n) is 6.00. The van der Waals surface area contributed by atoms with Crippen LogP contribution < -0.4 is 16.8 Å². The van der Waals surface area contributed by atoms with Crippen LogP contribution in [0.15, 0.2) is 35.6 Å². The first kappa shape index (κ1) is 20.5. The molecule has 0 unspecified atom stereocenters. The number of aromatic nitrogens is 2. The van der Waals surface area contributed by atoms with Gasteiger partial charge >= 0.3 is 0 Å². The maximum Gasteiger partial charge on any atom is 0.150 e. The molecule has 0 radical (unpaired) electrons. The minimum absolute atomic E-state index is 0.340. The molecule has 158 valence electrons. The van der Waals surface area contributed by atoms with Crippen LogP contribution in [0.4, 0.5) is 5.82 Å². The van der Waals surface area contributed by atoms with Gasteiger partial charge in [-0.15, -0.1) is 0 Å². The van der Waals surface area contributed by atoms with Crippen LogP contribution in [0.25, 0.3) is 16.8 Å². The number of rotatable bonds is 5. The van der Waals surface area contributed by atoms with E-state index >= 15 is 0 Å². The lowest BCUT2D eigenvalue weighted by Crippen LogP contribution is -2.19. The van der Waals surface area contributed by atoms with Gasteiger partial charge in [-0.2, -0.15) is 0 Å². The van der Waals surface area contributed by atoms with Gasteiger partial charge in [-0.05, 0) is 55.3 Å². The van der Waals surface area contributed by atoms with Crippen LogP contribution in [0.2, 0.25) is 0 Å². The highest BCUT2D eigenvalue weighted by atomic mass is 16.5. The number of aliphatic imine (C=N–C) groups is 1. The topological polar surface area (TPSA) is 111 Å².